The molecule has 0 radical (unpaired) electrons. The van der Waals surface area contributed by atoms with Crippen LogP contribution in [0.3, 0.4) is 0 Å². The van der Waals surface area contributed by atoms with Gasteiger partial charge in [-0.05, 0) is 24.3 Å². The van der Waals surface area contributed by atoms with Crippen molar-refractivity contribution in [3.05, 3.63) is 51.2 Å². The minimum Gasteiger partial charge on any atom is -0.421 e. The van der Waals surface area contributed by atoms with Gasteiger partial charge in [0.2, 0.25) is 5.91 Å². The number of aromatic nitrogens is 1. The monoisotopic (exact) mass is 246 g/mol. The molecule has 2 aromatic rings. The Morgan fingerprint density at radius 3 is 2.67 bits per heavy atom. The molecule has 0 aromatic carbocycles. The van der Waals surface area contributed by atoms with Gasteiger partial charge in [0.25, 0.3) is 5.56 Å². The zero-order valence-electron chi connectivity index (χ0n) is 9.52. The SMILES string of the molecule is CC(=O)Nc1ccc(-c2ccc[nH]c2=O)oc1=O. The molecule has 2 N–H and O–H groups in total. The normalized spacial score (nSPS) is 10.1. The minimum absolute atomic E-state index is 0.0404. The van der Waals surface area contributed by atoms with Crippen molar-refractivity contribution >= 4 is 11.6 Å². The van der Waals surface area contributed by atoms with E-state index < -0.39 is 5.63 Å². The number of hydrogen-bond donors (Lipinski definition) is 2. The maximum absolute atomic E-state index is 11.6. The number of aromatic amines is 1. The first-order valence-corrected chi connectivity index (χ1v) is 5.18. The highest BCUT2D eigenvalue weighted by Crippen LogP contribution is 2.14. The van der Waals surface area contributed by atoms with Gasteiger partial charge in [0, 0.05) is 13.1 Å². The Morgan fingerprint density at radius 2 is 2.06 bits per heavy atom. The molecule has 0 atom stereocenters. The van der Waals surface area contributed by atoms with Gasteiger partial charge in [0.15, 0.2) is 0 Å². The lowest BCUT2D eigenvalue weighted by atomic mass is 10.2. The summed E-state index contributed by atoms with van der Waals surface area (Å²) in [6.45, 7) is 1.29. The van der Waals surface area contributed by atoms with Crippen LogP contribution in [0, 0.1) is 0 Å². The highest BCUT2D eigenvalue weighted by atomic mass is 16.4. The number of carbonyl (C=O) groups excluding carboxylic acids is 1. The number of H-pyrrole nitrogens is 1. The van der Waals surface area contributed by atoms with Gasteiger partial charge in [0.1, 0.15) is 11.4 Å². The van der Waals surface area contributed by atoms with Crippen LogP contribution in [0.5, 0.6) is 0 Å². The summed E-state index contributed by atoms with van der Waals surface area (Å²) in [6, 6.07) is 6.01. The molecule has 2 heterocycles. The van der Waals surface area contributed by atoms with E-state index in [1.54, 1.807) is 6.07 Å². The molecule has 0 bridgehead atoms. The van der Waals surface area contributed by atoms with E-state index in [9.17, 15) is 14.4 Å². The Hall–Kier alpha value is -2.63. The number of nitrogens with one attached hydrogen (secondary N) is 2. The van der Waals surface area contributed by atoms with Crippen molar-refractivity contribution in [3.8, 4) is 11.3 Å². The third-order valence-electron chi connectivity index (χ3n) is 2.22. The summed E-state index contributed by atoms with van der Waals surface area (Å²) < 4.78 is 4.99. The molecule has 0 aliphatic heterocycles. The topological polar surface area (TPSA) is 92.2 Å². The molecule has 0 fully saturated rings. The van der Waals surface area contributed by atoms with E-state index in [0.29, 0.717) is 0 Å². The van der Waals surface area contributed by atoms with Crippen molar-refractivity contribution in [1.29, 1.82) is 0 Å². The summed E-state index contributed by atoms with van der Waals surface area (Å²) in [6.07, 6.45) is 1.48. The zero-order chi connectivity index (χ0) is 13.1. The highest BCUT2D eigenvalue weighted by molar-refractivity contribution is 5.88. The summed E-state index contributed by atoms with van der Waals surface area (Å²) >= 11 is 0. The van der Waals surface area contributed by atoms with Gasteiger partial charge in [0.05, 0.1) is 5.56 Å². The number of hydrogen-bond acceptors (Lipinski definition) is 4. The second-order valence-corrected chi connectivity index (χ2v) is 3.59. The maximum Gasteiger partial charge on any atom is 0.360 e. The van der Waals surface area contributed by atoms with Crippen LogP contribution in [-0.4, -0.2) is 10.9 Å². The van der Waals surface area contributed by atoms with Crippen LogP contribution in [0.4, 0.5) is 5.69 Å². The van der Waals surface area contributed by atoms with E-state index in [4.69, 9.17) is 4.42 Å². The van der Waals surface area contributed by atoms with Crippen LogP contribution in [0.2, 0.25) is 0 Å². The van der Waals surface area contributed by atoms with E-state index in [1.807, 2.05) is 0 Å². The van der Waals surface area contributed by atoms with Crippen molar-refractivity contribution < 1.29 is 9.21 Å². The summed E-state index contributed by atoms with van der Waals surface area (Å²) in [5, 5.41) is 2.34. The fraction of sp³-hybridized carbons (Fsp3) is 0.0833. The lowest BCUT2D eigenvalue weighted by molar-refractivity contribution is -0.114. The number of pyridine rings is 1. The van der Waals surface area contributed by atoms with Crippen LogP contribution in [-0.2, 0) is 4.79 Å². The third-order valence-corrected chi connectivity index (χ3v) is 2.22. The molecule has 92 valence electrons. The molecular formula is C12H10N2O4. The predicted octanol–water partition coefficient (Wildman–Crippen LogP) is 0.953. The Balaban J connectivity index is 2.47. The van der Waals surface area contributed by atoms with Crippen molar-refractivity contribution in [3.63, 3.8) is 0 Å². The van der Waals surface area contributed by atoms with E-state index in [-0.39, 0.29) is 28.5 Å². The van der Waals surface area contributed by atoms with Gasteiger partial charge < -0.3 is 14.7 Å². The molecule has 2 rings (SSSR count). The second-order valence-electron chi connectivity index (χ2n) is 3.59. The number of anilines is 1. The van der Waals surface area contributed by atoms with E-state index >= 15 is 0 Å². The van der Waals surface area contributed by atoms with Crippen molar-refractivity contribution in [2.75, 3.05) is 5.32 Å². The Labute approximate surface area is 101 Å². The largest absolute Gasteiger partial charge is 0.421 e. The van der Waals surface area contributed by atoms with Crippen molar-refractivity contribution in [2.24, 2.45) is 0 Å². The average Bonchev–Trinajstić information content (AvgIpc) is 2.32. The summed E-state index contributed by atoms with van der Waals surface area (Å²) in [4.78, 5) is 36.4. The van der Waals surface area contributed by atoms with Crippen LogP contribution in [0.15, 0.2) is 44.5 Å². The average molecular weight is 246 g/mol. The van der Waals surface area contributed by atoms with Crippen molar-refractivity contribution in [2.45, 2.75) is 6.92 Å². The van der Waals surface area contributed by atoms with Gasteiger partial charge in [-0.3, -0.25) is 9.59 Å². The summed E-state index contributed by atoms with van der Waals surface area (Å²) in [5.74, 6) is -0.219. The van der Waals surface area contributed by atoms with E-state index in [2.05, 4.69) is 10.3 Å². The molecule has 2 aromatic heterocycles. The van der Waals surface area contributed by atoms with Crippen LogP contribution < -0.4 is 16.5 Å². The molecule has 1 amide bonds. The maximum atomic E-state index is 11.6. The van der Waals surface area contributed by atoms with E-state index in [1.165, 1.54) is 31.3 Å². The number of rotatable bonds is 2. The number of amides is 1. The molecule has 18 heavy (non-hydrogen) atoms. The molecule has 0 aliphatic rings. The molecule has 6 nitrogen and oxygen atoms in total. The van der Waals surface area contributed by atoms with Crippen molar-refractivity contribution in [1.82, 2.24) is 4.98 Å². The summed E-state index contributed by atoms with van der Waals surface area (Å²) in [7, 11) is 0. The molecule has 0 saturated heterocycles. The van der Waals surface area contributed by atoms with E-state index in [0.717, 1.165) is 0 Å². The fourth-order valence-corrected chi connectivity index (χ4v) is 1.46. The van der Waals surface area contributed by atoms with Gasteiger partial charge >= 0.3 is 5.63 Å². The molecule has 0 saturated carbocycles. The van der Waals surface area contributed by atoms with Gasteiger partial charge in [-0.1, -0.05) is 0 Å². The molecular weight excluding hydrogens is 236 g/mol. The smallest absolute Gasteiger partial charge is 0.360 e. The highest BCUT2D eigenvalue weighted by Gasteiger charge is 2.09. The third kappa shape index (κ3) is 2.37. The molecule has 6 heteroatoms. The zero-order valence-corrected chi connectivity index (χ0v) is 9.52. The van der Waals surface area contributed by atoms with Gasteiger partial charge in [-0.25, -0.2) is 4.79 Å². The minimum atomic E-state index is -0.703. The quantitative estimate of drug-likeness (QED) is 0.825. The Morgan fingerprint density at radius 1 is 1.28 bits per heavy atom. The first-order valence-electron chi connectivity index (χ1n) is 5.18. The summed E-state index contributed by atoms with van der Waals surface area (Å²) in [5.41, 5.74) is -0.763. The van der Waals surface area contributed by atoms with Crippen LogP contribution in [0.1, 0.15) is 6.92 Å². The lowest BCUT2D eigenvalue weighted by Gasteiger charge is -2.02. The number of carbonyl (C=O) groups is 1. The predicted molar refractivity (Wildman–Crippen MR) is 65.3 cm³/mol. The molecule has 0 aliphatic carbocycles. The van der Waals surface area contributed by atoms with Crippen LogP contribution in [0.25, 0.3) is 11.3 Å². The van der Waals surface area contributed by atoms with Crippen LogP contribution >= 0.6 is 0 Å². The first-order chi connectivity index (χ1) is 8.58. The Kier molecular flexibility index (Phi) is 3.09. The second kappa shape index (κ2) is 4.70. The fourth-order valence-electron chi connectivity index (χ4n) is 1.46. The lowest BCUT2D eigenvalue weighted by Crippen LogP contribution is -2.15. The van der Waals surface area contributed by atoms with Gasteiger partial charge in [-0.2, -0.15) is 0 Å². The molecule has 0 unspecified atom stereocenters. The first kappa shape index (κ1) is 11.8. The molecule has 0 spiro atoms. The Bertz CT molecular complexity index is 699. The van der Waals surface area contributed by atoms with Gasteiger partial charge in [-0.15, -0.1) is 0 Å². The standard InChI is InChI=1S/C12H10N2O4/c1-7(15)14-9-4-5-10(18-12(9)17)8-3-2-6-13-11(8)16/h2-6H,1H3,(H,13,16)(H,14,15).